The van der Waals surface area contributed by atoms with Crippen molar-refractivity contribution in [1.29, 1.82) is 0 Å². The van der Waals surface area contributed by atoms with E-state index in [2.05, 4.69) is 19.9 Å². The highest BCUT2D eigenvalue weighted by Crippen LogP contribution is 2.36. The highest BCUT2D eigenvalue weighted by Gasteiger charge is 2.39. The number of sulfone groups is 1. The van der Waals surface area contributed by atoms with E-state index in [0.29, 0.717) is 19.0 Å². The Balaban J connectivity index is 1.59. The summed E-state index contributed by atoms with van der Waals surface area (Å²) in [7, 11) is -3.30. The molecule has 2 heterocycles. The van der Waals surface area contributed by atoms with Gasteiger partial charge in [-0.05, 0) is 60.6 Å². The zero-order valence-corrected chi connectivity index (χ0v) is 19.7. The van der Waals surface area contributed by atoms with Gasteiger partial charge in [0.05, 0.1) is 10.8 Å². The normalized spacial score (nSPS) is 19.7. The van der Waals surface area contributed by atoms with Crippen LogP contribution in [0.15, 0.2) is 47.4 Å². The van der Waals surface area contributed by atoms with Gasteiger partial charge in [0.25, 0.3) is 0 Å². The molecule has 2 atom stereocenters. The highest BCUT2D eigenvalue weighted by molar-refractivity contribution is 7.90. The number of nitrogens with zero attached hydrogens (tertiary/aromatic N) is 2. The molecule has 170 valence electrons. The van der Waals surface area contributed by atoms with Gasteiger partial charge in [-0.2, -0.15) is 0 Å². The van der Waals surface area contributed by atoms with E-state index in [1.165, 1.54) is 6.26 Å². The summed E-state index contributed by atoms with van der Waals surface area (Å²) in [4.78, 5) is 30.2. The Bertz CT molecular complexity index is 1160. The predicted octanol–water partition coefficient (Wildman–Crippen LogP) is 3.94. The van der Waals surface area contributed by atoms with Crippen LogP contribution in [0.2, 0.25) is 0 Å². The molecule has 1 fully saturated rings. The number of hydrogen-bond donors (Lipinski definition) is 0. The molecule has 32 heavy (non-hydrogen) atoms. The van der Waals surface area contributed by atoms with Crippen LogP contribution in [0.5, 0.6) is 0 Å². The molecule has 0 N–H and O–H groups in total. The van der Waals surface area contributed by atoms with Crippen LogP contribution >= 0.6 is 0 Å². The number of carbonyl (C=O) groups excluding carboxylic acids is 2. The molecular formula is C25H30N2O4S. The summed E-state index contributed by atoms with van der Waals surface area (Å²) in [5, 5.41) is 0. The van der Waals surface area contributed by atoms with E-state index in [1.54, 1.807) is 28.0 Å². The first kappa shape index (κ1) is 22.5. The van der Waals surface area contributed by atoms with Crippen molar-refractivity contribution < 1.29 is 18.0 Å². The summed E-state index contributed by atoms with van der Waals surface area (Å²) in [6.45, 7) is 5.23. The molecule has 0 spiro atoms. The van der Waals surface area contributed by atoms with Crippen LogP contribution in [0.25, 0.3) is 0 Å². The van der Waals surface area contributed by atoms with Crippen molar-refractivity contribution in [2.75, 3.05) is 29.1 Å². The first-order valence-electron chi connectivity index (χ1n) is 11.2. The lowest BCUT2D eigenvalue weighted by Crippen LogP contribution is -2.40. The number of rotatable bonds is 5. The molecular weight excluding hydrogens is 424 g/mol. The van der Waals surface area contributed by atoms with Crippen LogP contribution in [0, 0.1) is 5.92 Å². The number of fused-ring (bicyclic) bond motifs is 1. The van der Waals surface area contributed by atoms with Crippen molar-refractivity contribution in [2.24, 2.45) is 5.92 Å². The van der Waals surface area contributed by atoms with Crippen LogP contribution in [0.1, 0.15) is 50.2 Å². The lowest BCUT2D eigenvalue weighted by atomic mass is 9.96. The van der Waals surface area contributed by atoms with Crippen molar-refractivity contribution in [1.82, 2.24) is 0 Å². The minimum absolute atomic E-state index is 0.0243. The maximum Gasteiger partial charge on any atom is 0.232 e. The number of benzene rings is 2. The van der Waals surface area contributed by atoms with Crippen molar-refractivity contribution in [3.63, 3.8) is 0 Å². The zero-order valence-electron chi connectivity index (χ0n) is 18.9. The number of amides is 2. The monoisotopic (exact) mass is 454 g/mol. The fraction of sp³-hybridized carbons (Fsp3) is 0.440. The van der Waals surface area contributed by atoms with Gasteiger partial charge in [0, 0.05) is 37.1 Å². The minimum atomic E-state index is -3.30. The quantitative estimate of drug-likeness (QED) is 0.686. The Hall–Kier alpha value is -2.67. The molecule has 2 unspecified atom stereocenters. The van der Waals surface area contributed by atoms with Crippen LogP contribution < -0.4 is 9.80 Å². The fourth-order valence-electron chi connectivity index (χ4n) is 4.73. The van der Waals surface area contributed by atoms with Crippen molar-refractivity contribution in [2.45, 2.75) is 50.3 Å². The molecule has 1 saturated heterocycles. The van der Waals surface area contributed by atoms with Crippen LogP contribution in [-0.2, 0) is 25.8 Å². The summed E-state index contributed by atoms with van der Waals surface area (Å²) in [6, 6.07) is 12.9. The second kappa shape index (κ2) is 8.70. The van der Waals surface area contributed by atoms with Gasteiger partial charge >= 0.3 is 0 Å². The Morgan fingerprint density at radius 3 is 2.62 bits per heavy atom. The van der Waals surface area contributed by atoms with Gasteiger partial charge in [-0.3, -0.25) is 9.59 Å². The standard InChI is InChI=1S/C25H30N2O4S/c1-4-17(2)21-9-5-6-10-23(21)27-16-19(15-24(27)28)25(29)26-13-7-8-18-14-20(32(3,30)31)11-12-22(18)26/h5-6,9-12,14,17,19H,4,7-8,13,15-16H2,1-3H3. The SMILES string of the molecule is CCC(C)c1ccccc1N1CC(C(=O)N2CCCc3cc(S(C)(=O)=O)ccc32)CC1=O. The number of hydrogen-bond acceptors (Lipinski definition) is 4. The van der Waals surface area contributed by atoms with Gasteiger partial charge < -0.3 is 9.80 Å². The van der Waals surface area contributed by atoms with E-state index in [4.69, 9.17) is 0 Å². The average molecular weight is 455 g/mol. The topological polar surface area (TPSA) is 74.8 Å². The zero-order chi connectivity index (χ0) is 23.0. The van der Waals surface area contributed by atoms with Crippen LogP contribution in [0.3, 0.4) is 0 Å². The largest absolute Gasteiger partial charge is 0.312 e. The molecule has 0 bridgehead atoms. The third-order valence-electron chi connectivity index (χ3n) is 6.71. The number of aryl methyl sites for hydroxylation is 1. The molecule has 2 aliphatic heterocycles. The Labute approximate surface area is 190 Å². The minimum Gasteiger partial charge on any atom is -0.312 e. The first-order valence-corrected chi connectivity index (χ1v) is 13.1. The molecule has 2 amide bonds. The van der Waals surface area contributed by atoms with E-state index in [1.807, 2.05) is 18.2 Å². The lowest BCUT2D eigenvalue weighted by Gasteiger charge is -2.31. The van der Waals surface area contributed by atoms with Gasteiger partial charge in [-0.25, -0.2) is 8.42 Å². The molecule has 4 rings (SSSR count). The first-order chi connectivity index (χ1) is 15.2. The Morgan fingerprint density at radius 1 is 1.16 bits per heavy atom. The molecule has 0 aromatic heterocycles. The maximum atomic E-state index is 13.5. The Kier molecular flexibility index (Phi) is 6.12. The van der Waals surface area contributed by atoms with E-state index < -0.39 is 15.8 Å². The average Bonchev–Trinajstić information content (AvgIpc) is 3.18. The third-order valence-corrected chi connectivity index (χ3v) is 7.82. The molecule has 0 aliphatic carbocycles. The van der Waals surface area contributed by atoms with Crippen molar-refractivity contribution in [3.05, 3.63) is 53.6 Å². The predicted molar refractivity (Wildman–Crippen MR) is 126 cm³/mol. The second-order valence-corrected chi connectivity index (χ2v) is 10.9. The summed E-state index contributed by atoms with van der Waals surface area (Å²) in [5.74, 6) is -0.168. The number of anilines is 2. The van der Waals surface area contributed by atoms with E-state index in [9.17, 15) is 18.0 Å². The van der Waals surface area contributed by atoms with E-state index in [-0.39, 0.29) is 23.1 Å². The molecule has 0 radical (unpaired) electrons. The Morgan fingerprint density at radius 2 is 1.91 bits per heavy atom. The molecule has 2 aromatic carbocycles. The molecule has 0 saturated carbocycles. The number of carbonyl (C=O) groups is 2. The third kappa shape index (κ3) is 4.18. The second-order valence-electron chi connectivity index (χ2n) is 8.93. The van der Waals surface area contributed by atoms with Crippen LogP contribution in [-0.4, -0.2) is 39.6 Å². The van der Waals surface area contributed by atoms with Gasteiger partial charge in [-0.15, -0.1) is 0 Å². The smallest absolute Gasteiger partial charge is 0.232 e. The van der Waals surface area contributed by atoms with Gasteiger partial charge in [-0.1, -0.05) is 32.0 Å². The van der Waals surface area contributed by atoms with Gasteiger partial charge in [0.2, 0.25) is 11.8 Å². The summed E-state index contributed by atoms with van der Waals surface area (Å²) in [6.07, 6.45) is 3.87. The van der Waals surface area contributed by atoms with Crippen molar-refractivity contribution in [3.8, 4) is 0 Å². The van der Waals surface area contributed by atoms with Gasteiger partial charge in [0.1, 0.15) is 0 Å². The highest BCUT2D eigenvalue weighted by atomic mass is 32.2. The van der Waals surface area contributed by atoms with Crippen molar-refractivity contribution >= 4 is 33.0 Å². The molecule has 2 aliphatic rings. The van der Waals surface area contributed by atoms with E-state index >= 15 is 0 Å². The van der Waals surface area contributed by atoms with Crippen LogP contribution in [0.4, 0.5) is 11.4 Å². The fourth-order valence-corrected chi connectivity index (χ4v) is 5.40. The number of para-hydroxylation sites is 1. The summed E-state index contributed by atoms with van der Waals surface area (Å²) < 4.78 is 23.8. The molecule has 6 nitrogen and oxygen atoms in total. The maximum absolute atomic E-state index is 13.5. The van der Waals surface area contributed by atoms with E-state index in [0.717, 1.165) is 41.8 Å². The summed E-state index contributed by atoms with van der Waals surface area (Å²) >= 11 is 0. The van der Waals surface area contributed by atoms with Gasteiger partial charge in [0.15, 0.2) is 9.84 Å². The molecule has 7 heteroatoms. The lowest BCUT2D eigenvalue weighted by molar-refractivity contribution is -0.124. The summed E-state index contributed by atoms with van der Waals surface area (Å²) in [5.41, 5.74) is 3.67. The molecule has 2 aromatic rings.